The number of benzene rings is 1. The predicted octanol–water partition coefficient (Wildman–Crippen LogP) is 1.65. The van der Waals surface area contributed by atoms with Gasteiger partial charge in [0.15, 0.2) is 0 Å². The normalized spacial score (nSPS) is 21.9. The molecule has 2 aliphatic rings. The van der Waals surface area contributed by atoms with Crippen LogP contribution in [0.25, 0.3) is 0 Å². The van der Waals surface area contributed by atoms with Crippen molar-refractivity contribution >= 4 is 23.6 Å². The number of rotatable bonds is 2. The van der Waals surface area contributed by atoms with Crippen molar-refractivity contribution in [2.24, 2.45) is 5.92 Å². The Kier molecular flexibility index (Phi) is 3.70. The summed E-state index contributed by atoms with van der Waals surface area (Å²) < 4.78 is 4.89. The third-order valence-electron chi connectivity index (χ3n) is 3.98. The average molecular weight is 291 g/mol. The van der Waals surface area contributed by atoms with Crippen molar-refractivity contribution in [2.45, 2.75) is 12.5 Å². The Hall–Kier alpha value is -1.49. The van der Waals surface area contributed by atoms with E-state index >= 15 is 0 Å². The minimum atomic E-state index is -0.360. The molecule has 1 saturated heterocycles. The lowest BCUT2D eigenvalue weighted by atomic mass is 9.89. The fourth-order valence-corrected chi connectivity index (χ4v) is 3.51. The molecule has 0 saturated carbocycles. The van der Waals surface area contributed by atoms with E-state index in [2.05, 4.69) is 0 Å². The Morgan fingerprint density at radius 1 is 1.30 bits per heavy atom. The molecule has 3 rings (SSSR count). The van der Waals surface area contributed by atoms with Crippen LogP contribution in [0.15, 0.2) is 24.3 Å². The zero-order chi connectivity index (χ0) is 14.1. The first kappa shape index (κ1) is 13.5. The zero-order valence-corrected chi connectivity index (χ0v) is 12.2. The molecule has 2 aliphatic heterocycles. The molecule has 0 aliphatic carbocycles. The molecule has 5 heteroatoms. The van der Waals surface area contributed by atoms with Gasteiger partial charge in [0, 0.05) is 24.6 Å². The monoisotopic (exact) mass is 291 g/mol. The number of carbonyl (C=O) groups is 2. The van der Waals surface area contributed by atoms with Crippen molar-refractivity contribution in [1.29, 1.82) is 0 Å². The van der Waals surface area contributed by atoms with E-state index in [1.807, 2.05) is 29.2 Å². The van der Waals surface area contributed by atoms with Crippen LogP contribution in [0.1, 0.15) is 17.0 Å². The first-order valence-corrected chi connectivity index (χ1v) is 7.88. The number of thioether (sulfide) groups is 1. The number of amides is 1. The summed E-state index contributed by atoms with van der Waals surface area (Å²) in [5.74, 6) is 1.48. The summed E-state index contributed by atoms with van der Waals surface area (Å²) >= 11 is 1.80. The summed E-state index contributed by atoms with van der Waals surface area (Å²) in [7, 11) is 1.40. The lowest BCUT2D eigenvalue weighted by Gasteiger charge is -2.37. The maximum Gasteiger partial charge on any atom is 0.314 e. The molecule has 1 atom stereocenters. The highest BCUT2D eigenvalue weighted by Crippen LogP contribution is 2.33. The molecule has 0 spiro atoms. The number of fused-ring (bicyclic) bond motifs is 1. The van der Waals surface area contributed by atoms with Crippen molar-refractivity contribution in [3.8, 4) is 0 Å². The summed E-state index contributed by atoms with van der Waals surface area (Å²) in [5, 5.41) is 0. The van der Waals surface area contributed by atoms with Gasteiger partial charge in [-0.25, -0.2) is 0 Å². The molecule has 20 heavy (non-hydrogen) atoms. The molecule has 1 unspecified atom stereocenters. The maximum absolute atomic E-state index is 12.4. The van der Waals surface area contributed by atoms with Crippen LogP contribution in [-0.2, 0) is 20.9 Å². The van der Waals surface area contributed by atoms with Crippen molar-refractivity contribution in [2.75, 3.05) is 25.2 Å². The smallest absolute Gasteiger partial charge is 0.314 e. The molecule has 1 aromatic rings. The van der Waals surface area contributed by atoms with Gasteiger partial charge in [0.25, 0.3) is 0 Å². The summed E-state index contributed by atoms with van der Waals surface area (Å²) in [4.78, 5) is 26.2. The Bertz CT molecular complexity index is 542. The van der Waals surface area contributed by atoms with Crippen LogP contribution < -0.4 is 0 Å². The lowest BCUT2D eigenvalue weighted by molar-refractivity contribution is -0.145. The first-order chi connectivity index (χ1) is 9.70. The van der Waals surface area contributed by atoms with E-state index in [0.717, 1.165) is 22.6 Å². The first-order valence-electron chi connectivity index (χ1n) is 6.73. The Morgan fingerprint density at radius 2 is 2.05 bits per heavy atom. The topological polar surface area (TPSA) is 46.6 Å². The van der Waals surface area contributed by atoms with Gasteiger partial charge in [-0.05, 0) is 11.1 Å². The van der Waals surface area contributed by atoms with Gasteiger partial charge in [-0.1, -0.05) is 24.3 Å². The molecule has 1 amide bonds. The standard InChI is InChI=1S/C15H17NO3S/c1-19-15(18)13-7-16(14(17)11-8-20-9-11)6-10-4-2-3-5-12(10)13/h2-5,11,13H,6-9H2,1H3. The number of ether oxygens (including phenoxy) is 1. The predicted molar refractivity (Wildman–Crippen MR) is 77.4 cm³/mol. The molecule has 0 aromatic heterocycles. The molecular formula is C15H17NO3S. The number of nitrogens with zero attached hydrogens (tertiary/aromatic N) is 1. The fourth-order valence-electron chi connectivity index (χ4n) is 2.76. The van der Waals surface area contributed by atoms with E-state index in [1.54, 1.807) is 11.8 Å². The average Bonchev–Trinajstić information content (AvgIpc) is 2.43. The molecular weight excluding hydrogens is 274 g/mol. The van der Waals surface area contributed by atoms with Gasteiger partial charge >= 0.3 is 5.97 Å². The van der Waals surface area contributed by atoms with Crippen molar-refractivity contribution in [3.05, 3.63) is 35.4 Å². The van der Waals surface area contributed by atoms with Gasteiger partial charge in [-0.2, -0.15) is 11.8 Å². The van der Waals surface area contributed by atoms with Crippen LogP contribution >= 0.6 is 11.8 Å². The quantitative estimate of drug-likeness (QED) is 0.777. The second kappa shape index (κ2) is 5.48. The second-order valence-electron chi connectivity index (χ2n) is 5.23. The van der Waals surface area contributed by atoms with E-state index in [9.17, 15) is 9.59 Å². The third kappa shape index (κ3) is 2.30. The van der Waals surface area contributed by atoms with E-state index in [4.69, 9.17) is 4.74 Å². The van der Waals surface area contributed by atoms with Crippen molar-refractivity contribution < 1.29 is 14.3 Å². The summed E-state index contributed by atoms with van der Waals surface area (Å²) in [6, 6.07) is 7.81. The number of methoxy groups -OCH3 is 1. The van der Waals surface area contributed by atoms with Gasteiger partial charge in [0.05, 0.1) is 18.9 Å². The lowest BCUT2D eigenvalue weighted by Crippen LogP contribution is -2.46. The Morgan fingerprint density at radius 3 is 2.70 bits per heavy atom. The van der Waals surface area contributed by atoms with Crippen molar-refractivity contribution in [3.63, 3.8) is 0 Å². The van der Waals surface area contributed by atoms with Gasteiger partial charge in [0.1, 0.15) is 0 Å². The molecule has 106 valence electrons. The third-order valence-corrected chi connectivity index (χ3v) is 5.26. The van der Waals surface area contributed by atoms with Crippen LogP contribution in [0.4, 0.5) is 0 Å². The number of hydrogen-bond donors (Lipinski definition) is 0. The van der Waals surface area contributed by atoms with Crippen molar-refractivity contribution in [1.82, 2.24) is 4.90 Å². The van der Waals surface area contributed by atoms with Crippen LogP contribution in [0.3, 0.4) is 0 Å². The van der Waals surface area contributed by atoms with E-state index < -0.39 is 0 Å². The van der Waals surface area contributed by atoms with Gasteiger partial charge < -0.3 is 9.64 Å². The number of hydrogen-bond acceptors (Lipinski definition) is 4. The van der Waals surface area contributed by atoms with Gasteiger partial charge in [-0.15, -0.1) is 0 Å². The molecule has 1 aromatic carbocycles. The molecule has 0 bridgehead atoms. The number of esters is 1. The van der Waals surface area contributed by atoms with E-state index in [1.165, 1.54) is 7.11 Å². The molecule has 1 fully saturated rings. The van der Waals surface area contributed by atoms with Crippen LogP contribution in [-0.4, -0.2) is 41.9 Å². The Labute approximate surface area is 122 Å². The maximum atomic E-state index is 12.4. The summed E-state index contributed by atoms with van der Waals surface area (Å²) in [6.45, 7) is 1.04. The summed E-state index contributed by atoms with van der Waals surface area (Å²) in [6.07, 6.45) is 0. The molecule has 0 N–H and O–H groups in total. The largest absolute Gasteiger partial charge is 0.468 e. The van der Waals surface area contributed by atoms with E-state index in [-0.39, 0.29) is 23.7 Å². The van der Waals surface area contributed by atoms with Crippen LogP contribution in [0.5, 0.6) is 0 Å². The minimum absolute atomic E-state index is 0.128. The molecule has 2 heterocycles. The van der Waals surface area contributed by atoms with Gasteiger partial charge in [0.2, 0.25) is 5.91 Å². The fraction of sp³-hybridized carbons (Fsp3) is 0.467. The SMILES string of the molecule is COC(=O)C1CN(C(=O)C2CSC2)Cc2ccccc21. The molecule has 0 radical (unpaired) electrons. The Balaban J connectivity index is 1.87. The highest BCUT2D eigenvalue weighted by atomic mass is 32.2. The van der Waals surface area contributed by atoms with E-state index in [0.29, 0.717) is 13.1 Å². The minimum Gasteiger partial charge on any atom is -0.468 e. The summed E-state index contributed by atoms with van der Waals surface area (Å²) in [5.41, 5.74) is 2.04. The highest BCUT2D eigenvalue weighted by Gasteiger charge is 2.37. The van der Waals surface area contributed by atoms with Crippen LogP contribution in [0, 0.1) is 5.92 Å². The van der Waals surface area contributed by atoms with Gasteiger partial charge in [-0.3, -0.25) is 9.59 Å². The number of carbonyl (C=O) groups excluding carboxylic acids is 2. The second-order valence-corrected chi connectivity index (χ2v) is 6.30. The highest BCUT2D eigenvalue weighted by molar-refractivity contribution is 8.00. The molecule has 4 nitrogen and oxygen atoms in total. The van der Waals surface area contributed by atoms with Crippen LogP contribution in [0.2, 0.25) is 0 Å². The zero-order valence-electron chi connectivity index (χ0n) is 11.4.